The van der Waals surface area contributed by atoms with Gasteiger partial charge in [0.2, 0.25) is 0 Å². The van der Waals surface area contributed by atoms with E-state index in [2.05, 4.69) is 25.2 Å². The molecule has 216 valence electrons. The quantitative estimate of drug-likeness (QED) is 0.247. The van der Waals surface area contributed by atoms with Crippen LogP contribution in [0.3, 0.4) is 0 Å². The third kappa shape index (κ3) is 6.76. The normalized spacial score (nSPS) is 18.5. The molecule has 1 fully saturated rings. The van der Waals surface area contributed by atoms with E-state index < -0.39 is 23.5 Å². The fourth-order valence-corrected chi connectivity index (χ4v) is 5.00. The van der Waals surface area contributed by atoms with Gasteiger partial charge in [0.05, 0.1) is 34.5 Å². The first-order chi connectivity index (χ1) is 19.4. The number of hydrogen-bond donors (Lipinski definition) is 1. The minimum absolute atomic E-state index is 0.0666. The zero-order valence-electron chi connectivity index (χ0n) is 22.2. The fraction of sp³-hybridized carbons (Fsp3) is 0.345. The molecule has 0 saturated carbocycles. The van der Waals surface area contributed by atoms with Gasteiger partial charge in [-0.05, 0) is 62.4 Å². The summed E-state index contributed by atoms with van der Waals surface area (Å²) in [4.78, 5) is 15.5. The SMILES string of the molecule is CC1CN(CCc2nc(Nc3ccc(C(F)(F)F)cc3)c3ccc(-c4ncccc4C(F)(F)F)cc3n2)CC(C)O1. The van der Waals surface area contributed by atoms with Crippen molar-refractivity contribution in [2.45, 2.75) is 44.8 Å². The second-order valence-electron chi connectivity index (χ2n) is 10.1. The molecule has 41 heavy (non-hydrogen) atoms. The van der Waals surface area contributed by atoms with Gasteiger partial charge in [-0.25, -0.2) is 9.97 Å². The number of halogens is 6. The average molecular weight is 576 g/mol. The molecule has 1 aliphatic rings. The van der Waals surface area contributed by atoms with E-state index in [1.165, 1.54) is 36.5 Å². The lowest BCUT2D eigenvalue weighted by atomic mass is 10.0. The van der Waals surface area contributed by atoms with E-state index in [-0.39, 0.29) is 23.5 Å². The van der Waals surface area contributed by atoms with Crippen LogP contribution >= 0.6 is 0 Å². The minimum Gasteiger partial charge on any atom is -0.373 e. The molecule has 0 bridgehead atoms. The van der Waals surface area contributed by atoms with Crippen LogP contribution in [0.15, 0.2) is 60.8 Å². The van der Waals surface area contributed by atoms with Crippen LogP contribution in [0.4, 0.5) is 37.8 Å². The van der Waals surface area contributed by atoms with Gasteiger partial charge in [-0.2, -0.15) is 26.3 Å². The summed E-state index contributed by atoms with van der Waals surface area (Å²) in [7, 11) is 0. The second-order valence-corrected chi connectivity index (χ2v) is 10.1. The van der Waals surface area contributed by atoms with Gasteiger partial charge in [-0.15, -0.1) is 0 Å². The molecule has 0 spiro atoms. The molecule has 12 heteroatoms. The lowest BCUT2D eigenvalue weighted by Gasteiger charge is -2.35. The van der Waals surface area contributed by atoms with Crippen LogP contribution < -0.4 is 5.32 Å². The van der Waals surface area contributed by atoms with Crippen molar-refractivity contribution in [2.24, 2.45) is 0 Å². The molecule has 2 aromatic carbocycles. The summed E-state index contributed by atoms with van der Waals surface area (Å²) in [6.07, 6.45) is -7.20. The molecule has 3 heterocycles. The molecule has 1 N–H and O–H groups in total. The third-order valence-corrected chi connectivity index (χ3v) is 6.75. The van der Waals surface area contributed by atoms with E-state index in [0.29, 0.717) is 41.2 Å². The zero-order chi connectivity index (χ0) is 29.4. The topological polar surface area (TPSA) is 63.2 Å². The van der Waals surface area contributed by atoms with E-state index in [0.717, 1.165) is 31.3 Å². The van der Waals surface area contributed by atoms with Gasteiger partial charge in [0.25, 0.3) is 0 Å². The van der Waals surface area contributed by atoms with Gasteiger partial charge >= 0.3 is 12.4 Å². The molecule has 6 nitrogen and oxygen atoms in total. The third-order valence-electron chi connectivity index (χ3n) is 6.75. The fourth-order valence-electron chi connectivity index (χ4n) is 5.00. The Bertz CT molecular complexity index is 1510. The van der Waals surface area contributed by atoms with Crippen molar-refractivity contribution in [1.29, 1.82) is 0 Å². The first-order valence-corrected chi connectivity index (χ1v) is 13.0. The number of rotatable bonds is 6. The molecule has 0 amide bonds. The van der Waals surface area contributed by atoms with Crippen molar-refractivity contribution in [3.8, 4) is 11.3 Å². The van der Waals surface area contributed by atoms with Crippen molar-refractivity contribution >= 4 is 22.4 Å². The van der Waals surface area contributed by atoms with Crippen molar-refractivity contribution < 1.29 is 31.1 Å². The Morgan fingerprint density at radius 2 is 1.61 bits per heavy atom. The predicted molar refractivity (Wildman–Crippen MR) is 143 cm³/mol. The average Bonchev–Trinajstić information content (AvgIpc) is 2.90. The van der Waals surface area contributed by atoms with Crippen molar-refractivity contribution in [1.82, 2.24) is 19.9 Å². The molecule has 2 unspecified atom stereocenters. The maximum atomic E-state index is 13.7. The molecule has 5 rings (SSSR count). The summed E-state index contributed by atoms with van der Waals surface area (Å²) < 4.78 is 86.0. The summed E-state index contributed by atoms with van der Waals surface area (Å²) in [6, 6.07) is 11.3. The number of aromatic nitrogens is 3. The second kappa shape index (κ2) is 11.2. The Labute approximate surface area is 232 Å². The van der Waals surface area contributed by atoms with Crippen LogP contribution in [0, 0.1) is 0 Å². The van der Waals surface area contributed by atoms with Crippen LogP contribution in [-0.4, -0.2) is 51.7 Å². The molecule has 2 atom stereocenters. The summed E-state index contributed by atoms with van der Waals surface area (Å²) in [5.74, 6) is 0.769. The molecule has 0 radical (unpaired) electrons. The first-order valence-electron chi connectivity index (χ1n) is 13.0. The number of alkyl halides is 6. The Kier molecular flexibility index (Phi) is 7.89. The standard InChI is InChI=1S/C29H27F6N5O/c1-17-15-40(16-18(2)41-17)13-11-25-38-24-14-19(26-23(29(33,34)35)4-3-12-36-26)5-10-22(24)27(39-25)37-21-8-6-20(7-9-21)28(30,31)32/h3-10,12,14,17-18H,11,13,15-16H2,1-2H3,(H,37,38,39). The highest BCUT2D eigenvalue weighted by Gasteiger charge is 2.34. The molecule has 4 aromatic rings. The van der Waals surface area contributed by atoms with Crippen LogP contribution in [0.5, 0.6) is 0 Å². The largest absolute Gasteiger partial charge is 0.418 e. The van der Waals surface area contributed by atoms with Crippen LogP contribution in [-0.2, 0) is 23.5 Å². The van der Waals surface area contributed by atoms with Crippen LogP contribution in [0.2, 0.25) is 0 Å². The number of anilines is 2. The molecule has 1 aliphatic heterocycles. The summed E-state index contributed by atoms with van der Waals surface area (Å²) in [6.45, 7) is 6.09. The van der Waals surface area contributed by atoms with Gasteiger partial charge in [0, 0.05) is 48.9 Å². The van der Waals surface area contributed by atoms with Crippen molar-refractivity contribution in [2.75, 3.05) is 25.0 Å². The molecular weight excluding hydrogens is 548 g/mol. The van der Waals surface area contributed by atoms with Gasteiger partial charge in [0.1, 0.15) is 11.6 Å². The number of hydrogen-bond acceptors (Lipinski definition) is 6. The summed E-state index contributed by atoms with van der Waals surface area (Å²) >= 11 is 0. The summed E-state index contributed by atoms with van der Waals surface area (Å²) in [5.41, 5.74) is -0.905. The van der Waals surface area contributed by atoms with E-state index >= 15 is 0 Å². The smallest absolute Gasteiger partial charge is 0.373 e. The van der Waals surface area contributed by atoms with Gasteiger partial charge in [-0.1, -0.05) is 6.07 Å². The molecular formula is C29H27F6N5O. The van der Waals surface area contributed by atoms with E-state index in [1.54, 1.807) is 6.07 Å². The maximum Gasteiger partial charge on any atom is 0.418 e. The Balaban J connectivity index is 1.52. The number of nitrogens with zero attached hydrogens (tertiary/aromatic N) is 4. The number of pyridine rings is 1. The highest BCUT2D eigenvalue weighted by atomic mass is 19.4. The van der Waals surface area contributed by atoms with Crippen molar-refractivity contribution in [3.05, 3.63) is 77.7 Å². The number of nitrogens with one attached hydrogen (secondary N) is 1. The monoisotopic (exact) mass is 575 g/mol. The van der Waals surface area contributed by atoms with E-state index in [9.17, 15) is 26.3 Å². The van der Waals surface area contributed by atoms with Gasteiger partial charge < -0.3 is 10.1 Å². The molecule has 2 aromatic heterocycles. The Morgan fingerprint density at radius 1 is 0.902 bits per heavy atom. The summed E-state index contributed by atoms with van der Waals surface area (Å²) in [5, 5.41) is 3.56. The number of morpholine rings is 1. The number of fused-ring (bicyclic) bond motifs is 1. The minimum atomic E-state index is -4.60. The van der Waals surface area contributed by atoms with Crippen molar-refractivity contribution in [3.63, 3.8) is 0 Å². The zero-order valence-corrected chi connectivity index (χ0v) is 22.2. The number of ether oxygens (including phenoxy) is 1. The van der Waals surface area contributed by atoms with Crippen LogP contribution in [0.1, 0.15) is 30.8 Å². The highest BCUT2D eigenvalue weighted by molar-refractivity contribution is 5.93. The lowest BCUT2D eigenvalue weighted by Crippen LogP contribution is -2.46. The molecule has 1 saturated heterocycles. The van der Waals surface area contributed by atoms with Crippen LogP contribution in [0.25, 0.3) is 22.2 Å². The number of benzene rings is 2. The highest BCUT2D eigenvalue weighted by Crippen LogP contribution is 2.37. The van der Waals surface area contributed by atoms with E-state index in [4.69, 9.17) is 4.74 Å². The van der Waals surface area contributed by atoms with Gasteiger partial charge in [0.15, 0.2) is 0 Å². The Morgan fingerprint density at radius 3 is 2.27 bits per heavy atom. The molecule has 0 aliphatic carbocycles. The lowest BCUT2D eigenvalue weighted by molar-refractivity contribution is -0.138. The Hall–Kier alpha value is -3.77. The first kappa shape index (κ1) is 28.7. The predicted octanol–water partition coefficient (Wildman–Crippen LogP) is 7.12. The van der Waals surface area contributed by atoms with Gasteiger partial charge in [-0.3, -0.25) is 9.88 Å². The van der Waals surface area contributed by atoms with E-state index in [1.807, 2.05) is 13.8 Å². The maximum absolute atomic E-state index is 13.7.